The Morgan fingerprint density at radius 3 is 2.22 bits per heavy atom. The number of carbonyl (C=O) groups is 1. The molecule has 0 bridgehead atoms. The van der Waals surface area contributed by atoms with Crippen molar-refractivity contribution in [1.82, 2.24) is 5.32 Å². The van der Waals surface area contributed by atoms with Crippen molar-refractivity contribution in [3.05, 3.63) is 0 Å². The second-order valence-electron chi connectivity index (χ2n) is 3.98. The molecule has 0 spiro atoms. The third-order valence-electron chi connectivity index (χ3n) is 2.31. The van der Waals surface area contributed by atoms with Crippen molar-refractivity contribution in [2.75, 3.05) is 25.9 Å². The van der Waals surface area contributed by atoms with Crippen LogP contribution in [-0.4, -0.2) is 31.8 Å². The van der Waals surface area contributed by atoms with Gasteiger partial charge >= 0.3 is 7.60 Å². The van der Waals surface area contributed by atoms with Gasteiger partial charge in [-0.15, -0.1) is 0 Å². The number of nitrogens with one attached hydrogen (secondary N) is 1. The monoisotopic (exact) mass is 279 g/mol. The highest BCUT2D eigenvalue weighted by Gasteiger charge is 2.22. The maximum Gasteiger partial charge on any atom is 0.330 e. The molecule has 0 aliphatic rings. The summed E-state index contributed by atoms with van der Waals surface area (Å²) < 4.78 is 22.4. The van der Waals surface area contributed by atoms with E-state index in [0.717, 1.165) is 19.3 Å². The van der Waals surface area contributed by atoms with Gasteiger partial charge < -0.3 is 14.4 Å². The summed E-state index contributed by atoms with van der Waals surface area (Å²) in [6.07, 6.45) is 3.35. The SMILES string of the molecule is CCCC(=O)NCCCCP(=O)(OCC)OCC. The van der Waals surface area contributed by atoms with Gasteiger partial charge in [-0.1, -0.05) is 6.92 Å². The quantitative estimate of drug-likeness (QED) is 0.466. The van der Waals surface area contributed by atoms with Crippen LogP contribution in [0.1, 0.15) is 46.5 Å². The summed E-state index contributed by atoms with van der Waals surface area (Å²) in [7, 11) is -2.91. The fraction of sp³-hybridized carbons (Fsp3) is 0.917. The molecule has 0 heterocycles. The van der Waals surface area contributed by atoms with E-state index in [2.05, 4.69) is 5.32 Å². The van der Waals surface area contributed by atoms with Crippen molar-refractivity contribution in [2.45, 2.75) is 46.5 Å². The van der Waals surface area contributed by atoms with Crippen LogP contribution in [0.3, 0.4) is 0 Å². The first-order valence-corrected chi connectivity index (χ1v) is 8.45. The molecule has 1 amide bonds. The Labute approximate surface area is 110 Å². The molecule has 18 heavy (non-hydrogen) atoms. The molecular weight excluding hydrogens is 253 g/mol. The Kier molecular flexibility index (Phi) is 10.3. The standard InChI is InChI=1S/C12H26NO4P/c1-4-9-12(14)13-10-7-8-11-18(15,16-5-2)17-6-3/h4-11H2,1-3H3,(H,13,14). The van der Waals surface area contributed by atoms with Crippen LogP contribution in [0.2, 0.25) is 0 Å². The van der Waals surface area contributed by atoms with Gasteiger partial charge in [0.15, 0.2) is 0 Å². The summed E-state index contributed by atoms with van der Waals surface area (Å²) >= 11 is 0. The summed E-state index contributed by atoms with van der Waals surface area (Å²) in [5.74, 6) is 0.0790. The summed E-state index contributed by atoms with van der Waals surface area (Å²) in [5.41, 5.74) is 0. The van der Waals surface area contributed by atoms with Gasteiger partial charge in [-0.25, -0.2) is 0 Å². The van der Waals surface area contributed by atoms with E-state index in [4.69, 9.17) is 9.05 Å². The second-order valence-corrected chi connectivity index (χ2v) is 6.16. The zero-order valence-electron chi connectivity index (χ0n) is 11.7. The lowest BCUT2D eigenvalue weighted by atomic mass is 10.3. The smallest absolute Gasteiger partial charge is 0.330 e. The van der Waals surface area contributed by atoms with Gasteiger partial charge in [0.2, 0.25) is 5.91 Å². The molecule has 0 aromatic carbocycles. The van der Waals surface area contributed by atoms with E-state index >= 15 is 0 Å². The van der Waals surface area contributed by atoms with Gasteiger partial charge in [0.05, 0.1) is 19.4 Å². The minimum Gasteiger partial charge on any atom is -0.356 e. The van der Waals surface area contributed by atoms with Crippen LogP contribution < -0.4 is 5.32 Å². The largest absolute Gasteiger partial charge is 0.356 e. The predicted octanol–water partition coefficient (Wildman–Crippen LogP) is 2.95. The molecule has 0 aromatic heterocycles. The van der Waals surface area contributed by atoms with E-state index < -0.39 is 7.60 Å². The van der Waals surface area contributed by atoms with Crippen LogP contribution in [-0.2, 0) is 18.4 Å². The zero-order chi connectivity index (χ0) is 13.9. The average molecular weight is 279 g/mol. The Bertz CT molecular complexity index is 261. The molecule has 0 fully saturated rings. The van der Waals surface area contributed by atoms with Crippen LogP contribution in [0.15, 0.2) is 0 Å². The average Bonchev–Trinajstić information content (AvgIpc) is 2.29. The van der Waals surface area contributed by atoms with Crippen LogP contribution in [0, 0.1) is 0 Å². The molecule has 0 aliphatic heterocycles. The third-order valence-corrected chi connectivity index (χ3v) is 4.48. The number of carbonyl (C=O) groups excluding carboxylic acids is 1. The summed E-state index contributed by atoms with van der Waals surface area (Å²) in [5, 5.41) is 2.82. The fourth-order valence-electron chi connectivity index (χ4n) is 1.53. The summed E-state index contributed by atoms with van der Waals surface area (Å²) in [6.45, 7) is 6.99. The van der Waals surface area contributed by atoms with Gasteiger partial charge in [0.25, 0.3) is 0 Å². The van der Waals surface area contributed by atoms with Gasteiger partial charge in [0, 0.05) is 13.0 Å². The van der Waals surface area contributed by atoms with Crippen molar-refractivity contribution in [2.24, 2.45) is 0 Å². The molecule has 0 atom stereocenters. The van der Waals surface area contributed by atoms with Crippen LogP contribution in [0.4, 0.5) is 0 Å². The zero-order valence-corrected chi connectivity index (χ0v) is 12.6. The number of rotatable bonds is 11. The molecule has 0 aliphatic carbocycles. The van der Waals surface area contributed by atoms with Gasteiger partial charge in [-0.2, -0.15) is 0 Å². The molecule has 0 saturated heterocycles. The first kappa shape index (κ1) is 17.6. The van der Waals surface area contributed by atoms with E-state index in [9.17, 15) is 9.36 Å². The topological polar surface area (TPSA) is 64.6 Å². The number of unbranched alkanes of at least 4 members (excludes halogenated alkanes) is 1. The number of hydrogen-bond acceptors (Lipinski definition) is 4. The molecule has 6 heteroatoms. The van der Waals surface area contributed by atoms with Crippen molar-refractivity contribution in [1.29, 1.82) is 0 Å². The lowest BCUT2D eigenvalue weighted by molar-refractivity contribution is -0.121. The van der Waals surface area contributed by atoms with Crippen LogP contribution in [0.5, 0.6) is 0 Å². The first-order chi connectivity index (χ1) is 8.58. The lowest BCUT2D eigenvalue weighted by Crippen LogP contribution is -2.23. The van der Waals surface area contributed by atoms with Gasteiger partial charge in [0.1, 0.15) is 0 Å². The highest BCUT2D eigenvalue weighted by molar-refractivity contribution is 7.53. The normalized spacial score (nSPS) is 11.5. The van der Waals surface area contributed by atoms with Crippen molar-refractivity contribution >= 4 is 13.5 Å². The first-order valence-electron chi connectivity index (χ1n) is 6.72. The Morgan fingerprint density at radius 1 is 1.11 bits per heavy atom. The van der Waals surface area contributed by atoms with Gasteiger partial charge in [-0.3, -0.25) is 9.36 Å². The maximum absolute atomic E-state index is 12.1. The summed E-state index contributed by atoms with van der Waals surface area (Å²) in [6, 6.07) is 0. The van der Waals surface area contributed by atoms with Gasteiger partial charge in [-0.05, 0) is 33.1 Å². The van der Waals surface area contributed by atoms with Crippen molar-refractivity contribution in [3.8, 4) is 0 Å². The second kappa shape index (κ2) is 10.5. The molecule has 1 N–H and O–H groups in total. The van der Waals surface area contributed by atoms with E-state index in [-0.39, 0.29) is 5.91 Å². The van der Waals surface area contributed by atoms with E-state index in [1.54, 1.807) is 13.8 Å². The van der Waals surface area contributed by atoms with E-state index in [1.807, 2.05) is 6.92 Å². The molecule has 0 unspecified atom stereocenters. The minimum absolute atomic E-state index is 0.0790. The maximum atomic E-state index is 12.1. The molecule has 108 valence electrons. The highest BCUT2D eigenvalue weighted by Crippen LogP contribution is 2.48. The summed E-state index contributed by atoms with van der Waals surface area (Å²) in [4.78, 5) is 11.2. The lowest BCUT2D eigenvalue weighted by Gasteiger charge is -2.16. The van der Waals surface area contributed by atoms with Crippen LogP contribution >= 0.6 is 7.60 Å². The molecule has 0 aromatic rings. The Hall–Kier alpha value is -0.380. The van der Waals surface area contributed by atoms with Crippen molar-refractivity contribution in [3.63, 3.8) is 0 Å². The Morgan fingerprint density at radius 2 is 1.72 bits per heavy atom. The predicted molar refractivity (Wildman–Crippen MR) is 72.9 cm³/mol. The number of hydrogen-bond donors (Lipinski definition) is 1. The molecule has 5 nitrogen and oxygen atoms in total. The van der Waals surface area contributed by atoms with Crippen LogP contribution in [0.25, 0.3) is 0 Å². The van der Waals surface area contributed by atoms with E-state index in [1.165, 1.54) is 0 Å². The molecule has 0 radical (unpaired) electrons. The third kappa shape index (κ3) is 8.67. The Balaban J connectivity index is 3.73. The molecule has 0 rings (SSSR count). The molecular formula is C12H26NO4P. The fourth-order valence-corrected chi connectivity index (χ4v) is 3.26. The number of amides is 1. The highest BCUT2D eigenvalue weighted by atomic mass is 31.2. The van der Waals surface area contributed by atoms with Crippen molar-refractivity contribution < 1.29 is 18.4 Å². The van der Waals surface area contributed by atoms with E-state index in [0.29, 0.717) is 32.3 Å². The molecule has 0 saturated carbocycles. The minimum atomic E-state index is -2.91.